The first-order chi connectivity index (χ1) is 36.3. The molecule has 74 heavy (non-hydrogen) atoms. The molecular weight excluding hydrogens is 901 g/mol. The van der Waals surface area contributed by atoms with Crippen LogP contribution in [-0.2, 0) is 5.41 Å². The second kappa shape index (κ2) is 18.7. The molecule has 0 N–H and O–H groups in total. The molecule has 0 saturated heterocycles. The SMILES string of the molecule is CC1CC2CC(C)C3(c4ccccc4-c4ccc(-c5ccc(-c6cc(-c7nc(-c8ccccc8)nc(-c8ccccc8)n7)cc(C(C)C)c6)cc5-c5nc(-c6ccccc6)nc(-c6ccccc6)n5)cc43)C(C1)C2. The van der Waals surface area contributed by atoms with Crippen molar-refractivity contribution in [1.82, 2.24) is 29.9 Å². The average Bonchev–Trinajstić information content (AvgIpc) is 3.76. The minimum atomic E-state index is -0.0508. The number of aromatic nitrogens is 6. The predicted molar refractivity (Wildman–Crippen MR) is 301 cm³/mol. The molecule has 360 valence electrons. The van der Waals surface area contributed by atoms with Gasteiger partial charge in [0.1, 0.15) is 0 Å². The van der Waals surface area contributed by atoms with Crippen molar-refractivity contribution in [1.29, 1.82) is 0 Å². The Kier molecular flexibility index (Phi) is 11.5. The van der Waals surface area contributed by atoms with Crippen LogP contribution < -0.4 is 0 Å². The number of hydrogen-bond donors (Lipinski definition) is 0. The van der Waals surface area contributed by atoms with Crippen molar-refractivity contribution in [3.05, 3.63) is 217 Å². The lowest BCUT2D eigenvalue weighted by atomic mass is 9.49. The number of nitrogens with zero attached hydrogens (tertiary/aromatic N) is 6. The Bertz CT molecular complexity index is 3590. The van der Waals surface area contributed by atoms with Crippen molar-refractivity contribution in [2.75, 3.05) is 0 Å². The molecule has 6 heteroatoms. The number of rotatable bonds is 9. The number of fused-ring (bicyclic) bond motifs is 8. The Morgan fingerprint density at radius 2 is 0.824 bits per heavy atom. The number of hydrogen-bond acceptors (Lipinski definition) is 6. The summed E-state index contributed by atoms with van der Waals surface area (Å²) in [6.07, 6.45) is 5.17. The molecule has 2 saturated carbocycles. The van der Waals surface area contributed by atoms with Crippen molar-refractivity contribution in [2.24, 2.45) is 23.7 Å². The van der Waals surface area contributed by atoms with Crippen LogP contribution in [0.3, 0.4) is 0 Å². The fourth-order valence-electron chi connectivity index (χ4n) is 13.2. The van der Waals surface area contributed by atoms with Gasteiger partial charge in [0.25, 0.3) is 0 Å². The summed E-state index contributed by atoms with van der Waals surface area (Å²) in [6.45, 7) is 9.54. The Labute approximate surface area is 434 Å². The molecule has 5 unspecified atom stereocenters. The zero-order valence-corrected chi connectivity index (χ0v) is 42.5. The van der Waals surface area contributed by atoms with Gasteiger partial charge in [0.2, 0.25) is 0 Å². The molecule has 3 aliphatic carbocycles. The van der Waals surface area contributed by atoms with E-state index in [2.05, 4.69) is 155 Å². The van der Waals surface area contributed by atoms with Gasteiger partial charge >= 0.3 is 0 Å². The monoisotopic (exact) mass is 958 g/mol. The smallest absolute Gasteiger partial charge is 0.164 e. The summed E-state index contributed by atoms with van der Waals surface area (Å²) in [5.41, 5.74) is 16.9. The van der Waals surface area contributed by atoms with E-state index in [9.17, 15) is 0 Å². The van der Waals surface area contributed by atoms with Crippen molar-refractivity contribution >= 4 is 0 Å². The van der Waals surface area contributed by atoms with Gasteiger partial charge in [0.05, 0.1) is 0 Å². The minimum absolute atomic E-state index is 0.0508. The molecule has 3 aliphatic rings. The summed E-state index contributed by atoms with van der Waals surface area (Å²) in [4.78, 5) is 31.4. The van der Waals surface area contributed by atoms with Crippen molar-refractivity contribution in [3.8, 4) is 102 Å². The van der Waals surface area contributed by atoms with E-state index in [1.165, 1.54) is 59.1 Å². The third-order valence-corrected chi connectivity index (χ3v) is 16.5. The van der Waals surface area contributed by atoms with E-state index in [1.54, 1.807) is 0 Å². The summed E-state index contributed by atoms with van der Waals surface area (Å²) >= 11 is 0. The zero-order chi connectivity index (χ0) is 49.9. The van der Waals surface area contributed by atoms with Gasteiger partial charge in [-0.3, -0.25) is 0 Å². The van der Waals surface area contributed by atoms with Crippen LogP contribution in [0.2, 0.25) is 0 Å². The molecule has 2 bridgehead atoms. The van der Waals surface area contributed by atoms with Crippen LogP contribution in [0.25, 0.3) is 102 Å². The third-order valence-electron chi connectivity index (χ3n) is 16.5. The fraction of sp³-hybridized carbons (Fsp3) is 0.206. The van der Waals surface area contributed by atoms with Crippen molar-refractivity contribution in [2.45, 2.75) is 64.7 Å². The van der Waals surface area contributed by atoms with E-state index in [-0.39, 0.29) is 11.3 Å². The molecule has 1 spiro atoms. The lowest BCUT2D eigenvalue weighted by Gasteiger charge is -2.54. The molecule has 2 aromatic heterocycles. The molecule has 13 rings (SSSR count). The van der Waals surface area contributed by atoms with Gasteiger partial charge in [-0.25, -0.2) is 29.9 Å². The quantitative estimate of drug-likeness (QED) is 0.143. The van der Waals surface area contributed by atoms with E-state index in [4.69, 9.17) is 29.9 Å². The fourth-order valence-corrected chi connectivity index (χ4v) is 13.2. The van der Waals surface area contributed by atoms with Crippen LogP contribution in [0.1, 0.15) is 76.0 Å². The standard InChI is InChI=1S/C68H58N6/c1-42(2)52-37-53(39-54(38-52)66-71-62(46-19-9-5-10-20-46)69-63(72-66)47-21-11-6-12-22-47)50-29-31-56(59(40-50)67-73-64(48-23-13-7-14-24-48)70-65(74-67)49-25-15-8-16-26-49)51-30-32-58-57-27-17-18-28-60(57)68(61(58)41-51)44(4)35-45-33-43(3)34-55(68)36-45/h5-32,37-45,55H,33-36H2,1-4H3. The summed E-state index contributed by atoms with van der Waals surface area (Å²) in [7, 11) is 0. The summed E-state index contributed by atoms with van der Waals surface area (Å²) in [5, 5.41) is 0. The topological polar surface area (TPSA) is 77.3 Å². The molecule has 10 aromatic rings. The first-order valence-corrected chi connectivity index (χ1v) is 26.6. The lowest BCUT2D eigenvalue weighted by Crippen LogP contribution is -2.49. The van der Waals surface area contributed by atoms with E-state index >= 15 is 0 Å². The highest BCUT2D eigenvalue weighted by Crippen LogP contribution is 2.65. The zero-order valence-electron chi connectivity index (χ0n) is 42.5. The maximum Gasteiger partial charge on any atom is 0.164 e. The molecule has 6 nitrogen and oxygen atoms in total. The molecule has 0 amide bonds. The van der Waals surface area contributed by atoms with E-state index < -0.39 is 0 Å². The Balaban J connectivity index is 1.03. The molecule has 0 aliphatic heterocycles. The van der Waals surface area contributed by atoms with E-state index in [0.717, 1.165) is 61.9 Å². The molecular formula is C68H58N6. The van der Waals surface area contributed by atoms with Crippen LogP contribution >= 0.6 is 0 Å². The maximum atomic E-state index is 5.41. The molecule has 5 atom stereocenters. The van der Waals surface area contributed by atoms with Gasteiger partial charge in [-0.15, -0.1) is 0 Å². The Morgan fingerprint density at radius 1 is 0.351 bits per heavy atom. The Morgan fingerprint density at radius 3 is 1.39 bits per heavy atom. The molecule has 8 aromatic carbocycles. The maximum absolute atomic E-state index is 5.41. The van der Waals surface area contributed by atoms with Gasteiger partial charge in [-0.1, -0.05) is 204 Å². The normalized spacial score (nSPS) is 19.6. The highest BCUT2D eigenvalue weighted by atomic mass is 15.0. The molecule has 0 radical (unpaired) electrons. The predicted octanol–water partition coefficient (Wildman–Crippen LogP) is 16.9. The average molecular weight is 959 g/mol. The van der Waals surface area contributed by atoms with Crippen LogP contribution in [0.15, 0.2) is 200 Å². The summed E-state index contributed by atoms with van der Waals surface area (Å²) < 4.78 is 0. The van der Waals surface area contributed by atoms with Gasteiger partial charge in [-0.05, 0) is 130 Å². The van der Waals surface area contributed by atoms with Crippen LogP contribution in [0, 0.1) is 23.7 Å². The van der Waals surface area contributed by atoms with Crippen molar-refractivity contribution in [3.63, 3.8) is 0 Å². The first-order valence-electron chi connectivity index (χ1n) is 26.6. The molecule has 2 fully saturated rings. The second-order valence-electron chi connectivity index (χ2n) is 21.5. The van der Waals surface area contributed by atoms with E-state index in [1.807, 2.05) is 72.8 Å². The lowest BCUT2D eigenvalue weighted by molar-refractivity contribution is 0.0426. The van der Waals surface area contributed by atoms with Gasteiger partial charge in [0, 0.05) is 38.8 Å². The molecule has 2 heterocycles. The highest BCUT2D eigenvalue weighted by Gasteiger charge is 2.56. The van der Waals surface area contributed by atoms with E-state index in [0.29, 0.717) is 46.8 Å². The minimum Gasteiger partial charge on any atom is -0.208 e. The van der Waals surface area contributed by atoms with Gasteiger partial charge in [0.15, 0.2) is 34.9 Å². The second-order valence-corrected chi connectivity index (χ2v) is 21.5. The summed E-state index contributed by atoms with van der Waals surface area (Å²) in [5.74, 6) is 6.63. The highest BCUT2D eigenvalue weighted by molar-refractivity contribution is 5.90. The van der Waals surface area contributed by atoms with Crippen molar-refractivity contribution < 1.29 is 0 Å². The third kappa shape index (κ3) is 8.04. The van der Waals surface area contributed by atoms with Crippen LogP contribution in [0.4, 0.5) is 0 Å². The largest absolute Gasteiger partial charge is 0.208 e. The van der Waals surface area contributed by atoms with Gasteiger partial charge in [-0.2, -0.15) is 0 Å². The summed E-state index contributed by atoms with van der Waals surface area (Å²) in [6, 6.07) is 71.3. The Hall–Kier alpha value is -8.22. The number of benzene rings is 8. The van der Waals surface area contributed by atoms with Gasteiger partial charge < -0.3 is 0 Å². The first kappa shape index (κ1) is 45.6. The van der Waals surface area contributed by atoms with Crippen LogP contribution in [0.5, 0.6) is 0 Å². The van der Waals surface area contributed by atoms with Crippen LogP contribution in [-0.4, -0.2) is 29.9 Å².